The number of amides is 2. The molecule has 1 aliphatic rings. The number of carbonyl (C=O) groups is 2. The molecule has 0 aromatic heterocycles. The Hall–Kier alpha value is -2.69. The van der Waals surface area contributed by atoms with Crippen molar-refractivity contribution in [1.82, 2.24) is 9.80 Å². The molecule has 2 aromatic carbocycles. The van der Waals surface area contributed by atoms with Crippen molar-refractivity contribution >= 4 is 11.8 Å². The SMILES string of the molecule is CN(Cc1ccccc1)C(=O)CC1CCN(C(=O)c2ccccc2F)C1. The van der Waals surface area contributed by atoms with Crippen LogP contribution in [0.3, 0.4) is 0 Å². The first kappa shape index (κ1) is 18.1. The molecular weight excluding hydrogens is 331 g/mol. The van der Waals surface area contributed by atoms with E-state index in [1.165, 1.54) is 12.1 Å². The van der Waals surface area contributed by atoms with Gasteiger partial charge in [0.15, 0.2) is 0 Å². The van der Waals surface area contributed by atoms with Crippen molar-refractivity contribution in [2.45, 2.75) is 19.4 Å². The van der Waals surface area contributed by atoms with Gasteiger partial charge in [-0.3, -0.25) is 9.59 Å². The molecule has 3 rings (SSSR count). The molecule has 1 fully saturated rings. The van der Waals surface area contributed by atoms with Gasteiger partial charge in [-0.15, -0.1) is 0 Å². The zero-order valence-electron chi connectivity index (χ0n) is 14.9. The van der Waals surface area contributed by atoms with Crippen molar-refractivity contribution in [2.24, 2.45) is 5.92 Å². The van der Waals surface area contributed by atoms with Gasteiger partial charge in [-0.2, -0.15) is 0 Å². The lowest BCUT2D eigenvalue weighted by atomic mass is 10.0. The van der Waals surface area contributed by atoms with Crippen LogP contribution in [0.2, 0.25) is 0 Å². The molecule has 0 radical (unpaired) electrons. The second-order valence-electron chi connectivity index (χ2n) is 6.83. The molecule has 1 aliphatic heterocycles. The number of likely N-dealkylation sites (tertiary alicyclic amines) is 1. The largest absolute Gasteiger partial charge is 0.341 e. The Bertz CT molecular complexity index is 779. The van der Waals surface area contributed by atoms with Crippen molar-refractivity contribution in [3.05, 3.63) is 71.5 Å². The quantitative estimate of drug-likeness (QED) is 0.826. The number of hydrogen-bond acceptors (Lipinski definition) is 2. The Morgan fingerprint density at radius 1 is 1.12 bits per heavy atom. The van der Waals surface area contributed by atoms with Crippen molar-refractivity contribution in [2.75, 3.05) is 20.1 Å². The van der Waals surface area contributed by atoms with E-state index in [0.717, 1.165) is 12.0 Å². The first-order chi connectivity index (χ1) is 12.5. The highest BCUT2D eigenvalue weighted by Gasteiger charge is 2.30. The van der Waals surface area contributed by atoms with Crippen LogP contribution in [0.1, 0.15) is 28.8 Å². The fourth-order valence-electron chi connectivity index (χ4n) is 3.34. The van der Waals surface area contributed by atoms with Crippen molar-refractivity contribution in [3.63, 3.8) is 0 Å². The number of halogens is 1. The van der Waals surface area contributed by atoms with E-state index in [2.05, 4.69) is 0 Å². The molecule has 1 atom stereocenters. The Morgan fingerprint density at radius 2 is 1.81 bits per heavy atom. The number of carbonyl (C=O) groups excluding carboxylic acids is 2. The number of hydrogen-bond donors (Lipinski definition) is 0. The van der Waals surface area contributed by atoms with Crippen LogP contribution in [-0.4, -0.2) is 41.8 Å². The maximum atomic E-state index is 13.8. The minimum atomic E-state index is -0.500. The minimum Gasteiger partial charge on any atom is -0.341 e. The van der Waals surface area contributed by atoms with Gasteiger partial charge in [0, 0.05) is 33.1 Å². The van der Waals surface area contributed by atoms with E-state index in [-0.39, 0.29) is 23.3 Å². The van der Waals surface area contributed by atoms with E-state index in [1.54, 1.807) is 29.0 Å². The normalized spacial score (nSPS) is 16.5. The second kappa shape index (κ2) is 8.13. The lowest BCUT2D eigenvalue weighted by Gasteiger charge is -2.20. The van der Waals surface area contributed by atoms with Gasteiger partial charge in [-0.05, 0) is 30.0 Å². The maximum absolute atomic E-state index is 13.8. The second-order valence-corrected chi connectivity index (χ2v) is 6.83. The smallest absolute Gasteiger partial charge is 0.256 e. The summed E-state index contributed by atoms with van der Waals surface area (Å²) in [7, 11) is 1.80. The van der Waals surface area contributed by atoms with E-state index < -0.39 is 5.82 Å². The third-order valence-corrected chi connectivity index (χ3v) is 4.83. The predicted molar refractivity (Wildman–Crippen MR) is 97.9 cm³/mol. The summed E-state index contributed by atoms with van der Waals surface area (Å²) in [5.74, 6) is -0.606. The first-order valence-electron chi connectivity index (χ1n) is 8.86. The van der Waals surface area contributed by atoms with Crippen molar-refractivity contribution in [3.8, 4) is 0 Å². The minimum absolute atomic E-state index is 0.0686. The molecular formula is C21H23FN2O2. The zero-order valence-corrected chi connectivity index (χ0v) is 14.9. The lowest BCUT2D eigenvalue weighted by molar-refractivity contribution is -0.131. The molecule has 1 saturated heterocycles. The Labute approximate surface area is 153 Å². The summed E-state index contributed by atoms with van der Waals surface area (Å²) in [6.07, 6.45) is 1.18. The fourth-order valence-corrected chi connectivity index (χ4v) is 3.34. The van der Waals surface area contributed by atoms with Gasteiger partial charge in [0.2, 0.25) is 5.91 Å². The molecule has 2 amide bonds. The van der Waals surface area contributed by atoms with Crippen LogP contribution in [0.15, 0.2) is 54.6 Å². The van der Waals surface area contributed by atoms with Gasteiger partial charge in [0.1, 0.15) is 5.82 Å². The van der Waals surface area contributed by atoms with Crippen LogP contribution in [-0.2, 0) is 11.3 Å². The highest BCUT2D eigenvalue weighted by molar-refractivity contribution is 5.94. The van der Waals surface area contributed by atoms with Crippen LogP contribution in [0, 0.1) is 11.7 Å². The highest BCUT2D eigenvalue weighted by atomic mass is 19.1. The molecule has 0 N–H and O–H groups in total. The molecule has 26 heavy (non-hydrogen) atoms. The number of nitrogens with zero attached hydrogens (tertiary/aromatic N) is 2. The molecule has 0 spiro atoms. The standard InChI is InChI=1S/C21H23FN2O2/c1-23(14-16-7-3-2-4-8-16)20(25)13-17-11-12-24(15-17)21(26)18-9-5-6-10-19(18)22/h2-10,17H,11-15H2,1H3. The molecule has 0 aliphatic carbocycles. The number of benzene rings is 2. The summed E-state index contributed by atoms with van der Waals surface area (Å²) < 4.78 is 13.8. The van der Waals surface area contributed by atoms with Crippen LogP contribution in [0.25, 0.3) is 0 Å². The molecule has 1 heterocycles. The van der Waals surface area contributed by atoms with E-state index in [9.17, 15) is 14.0 Å². The summed E-state index contributed by atoms with van der Waals surface area (Å²) in [6.45, 7) is 1.63. The third kappa shape index (κ3) is 4.28. The predicted octanol–water partition coefficient (Wildman–Crippen LogP) is 3.34. The molecule has 2 aromatic rings. The summed E-state index contributed by atoms with van der Waals surface area (Å²) in [6, 6.07) is 15.9. The molecule has 4 nitrogen and oxygen atoms in total. The van der Waals surface area contributed by atoms with Gasteiger partial charge in [-0.1, -0.05) is 42.5 Å². The first-order valence-corrected chi connectivity index (χ1v) is 8.86. The molecule has 0 bridgehead atoms. The van der Waals surface area contributed by atoms with Gasteiger partial charge in [0.05, 0.1) is 5.56 Å². The summed E-state index contributed by atoms with van der Waals surface area (Å²) >= 11 is 0. The molecule has 136 valence electrons. The van der Waals surface area contributed by atoms with E-state index in [1.807, 2.05) is 30.3 Å². The van der Waals surface area contributed by atoms with Gasteiger partial charge in [0.25, 0.3) is 5.91 Å². The Kier molecular flexibility index (Phi) is 5.66. The summed E-state index contributed by atoms with van der Waals surface area (Å²) in [5, 5.41) is 0. The van der Waals surface area contributed by atoms with E-state index in [0.29, 0.717) is 26.1 Å². The van der Waals surface area contributed by atoms with Crippen LogP contribution >= 0.6 is 0 Å². The average molecular weight is 354 g/mol. The van der Waals surface area contributed by atoms with Crippen LogP contribution in [0.5, 0.6) is 0 Å². The molecule has 5 heteroatoms. The molecule has 0 saturated carbocycles. The third-order valence-electron chi connectivity index (χ3n) is 4.83. The topological polar surface area (TPSA) is 40.6 Å². The molecule has 1 unspecified atom stereocenters. The number of rotatable bonds is 5. The fraction of sp³-hybridized carbons (Fsp3) is 0.333. The van der Waals surface area contributed by atoms with E-state index >= 15 is 0 Å². The average Bonchev–Trinajstić information content (AvgIpc) is 3.11. The van der Waals surface area contributed by atoms with E-state index in [4.69, 9.17) is 0 Å². The maximum Gasteiger partial charge on any atom is 0.256 e. The summed E-state index contributed by atoms with van der Waals surface area (Å²) in [5.41, 5.74) is 1.19. The summed E-state index contributed by atoms with van der Waals surface area (Å²) in [4.78, 5) is 28.3. The van der Waals surface area contributed by atoms with Gasteiger partial charge in [-0.25, -0.2) is 4.39 Å². The van der Waals surface area contributed by atoms with Gasteiger partial charge < -0.3 is 9.80 Å². The van der Waals surface area contributed by atoms with Gasteiger partial charge >= 0.3 is 0 Å². The Morgan fingerprint density at radius 3 is 2.54 bits per heavy atom. The Balaban J connectivity index is 1.53. The lowest BCUT2D eigenvalue weighted by Crippen LogP contribution is -2.31. The zero-order chi connectivity index (χ0) is 18.5. The van der Waals surface area contributed by atoms with Crippen molar-refractivity contribution in [1.29, 1.82) is 0 Å². The van der Waals surface area contributed by atoms with Crippen LogP contribution in [0.4, 0.5) is 4.39 Å². The highest BCUT2D eigenvalue weighted by Crippen LogP contribution is 2.23. The van der Waals surface area contributed by atoms with Crippen LogP contribution < -0.4 is 0 Å². The van der Waals surface area contributed by atoms with Crippen molar-refractivity contribution < 1.29 is 14.0 Å². The monoisotopic (exact) mass is 354 g/mol.